The van der Waals surface area contributed by atoms with Crippen LogP contribution in [0.3, 0.4) is 0 Å². The average molecular weight is 240 g/mol. The molecule has 1 heterocycles. The predicted octanol–water partition coefficient (Wildman–Crippen LogP) is 1.60. The fourth-order valence-corrected chi connectivity index (χ4v) is 3.41. The first-order valence-electron chi connectivity index (χ1n) is 7.33. The summed E-state index contributed by atoms with van der Waals surface area (Å²) >= 11 is 0. The van der Waals surface area contributed by atoms with E-state index in [-0.39, 0.29) is 6.10 Å². The Kier molecular flexibility index (Phi) is 4.83. The van der Waals surface area contributed by atoms with E-state index >= 15 is 0 Å². The summed E-state index contributed by atoms with van der Waals surface area (Å²) in [6.07, 6.45) is 7.39. The molecule has 3 unspecified atom stereocenters. The molecule has 2 rings (SSSR count). The van der Waals surface area contributed by atoms with E-state index in [2.05, 4.69) is 4.90 Å². The average Bonchev–Trinajstić information content (AvgIpc) is 2.33. The van der Waals surface area contributed by atoms with Crippen LogP contribution in [0.1, 0.15) is 45.4 Å². The van der Waals surface area contributed by atoms with Crippen molar-refractivity contribution in [3.8, 4) is 0 Å². The third-order valence-corrected chi connectivity index (χ3v) is 4.78. The lowest BCUT2D eigenvalue weighted by molar-refractivity contribution is 0.0620. The summed E-state index contributed by atoms with van der Waals surface area (Å²) < 4.78 is 0. The van der Waals surface area contributed by atoms with E-state index in [1.54, 1.807) is 0 Å². The number of hydrogen-bond acceptors (Lipinski definition) is 3. The summed E-state index contributed by atoms with van der Waals surface area (Å²) in [5.41, 5.74) is 6.21. The van der Waals surface area contributed by atoms with Crippen molar-refractivity contribution < 1.29 is 5.11 Å². The van der Waals surface area contributed by atoms with Crippen molar-refractivity contribution in [3.63, 3.8) is 0 Å². The summed E-state index contributed by atoms with van der Waals surface area (Å²) in [7, 11) is 0. The maximum Gasteiger partial charge on any atom is 0.0541 e. The molecule has 1 aliphatic carbocycles. The minimum absolute atomic E-state index is 0.130. The van der Waals surface area contributed by atoms with Gasteiger partial charge in [0.25, 0.3) is 0 Å². The van der Waals surface area contributed by atoms with Crippen molar-refractivity contribution in [1.82, 2.24) is 4.90 Å². The molecule has 1 saturated carbocycles. The molecule has 0 bridgehead atoms. The maximum atomic E-state index is 9.59. The van der Waals surface area contributed by atoms with E-state index in [9.17, 15) is 5.11 Å². The van der Waals surface area contributed by atoms with Gasteiger partial charge in [-0.15, -0.1) is 0 Å². The van der Waals surface area contributed by atoms with Gasteiger partial charge >= 0.3 is 0 Å². The number of likely N-dealkylation sites (tertiary alicyclic amines) is 1. The zero-order valence-electron chi connectivity index (χ0n) is 11.1. The molecule has 0 aromatic rings. The van der Waals surface area contributed by atoms with E-state index in [1.807, 2.05) is 6.92 Å². The summed E-state index contributed by atoms with van der Waals surface area (Å²) in [5.74, 6) is 1.23. The number of aliphatic hydroxyl groups is 1. The van der Waals surface area contributed by atoms with E-state index in [0.717, 1.165) is 25.9 Å². The van der Waals surface area contributed by atoms with Gasteiger partial charge in [-0.1, -0.05) is 12.8 Å². The first-order chi connectivity index (χ1) is 8.16. The molecule has 0 radical (unpaired) electrons. The number of aliphatic hydroxyl groups excluding tert-OH is 1. The van der Waals surface area contributed by atoms with Gasteiger partial charge < -0.3 is 15.7 Å². The van der Waals surface area contributed by atoms with Crippen LogP contribution in [0.15, 0.2) is 0 Å². The fraction of sp³-hybridized carbons (Fsp3) is 1.00. The fourth-order valence-electron chi connectivity index (χ4n) is 3.41. The van der Waals surface area contributed by atoms with E-state index in [4.69, 9.17) is 5.73 Å². The van der Waals surface area contributed by atoms with Crippen LogP contribution in [0.2, 0.25) is 0 Å². The zero-order valence-corrected chi connectivity index (χ0v) is 11.1. The molecule has 1 saturated heterocycles. The number of hydrogen-bond donors (Lipinski definition) is 2. The molecule has 100 valence electrons. The smallest absolute Gasteiger partial charge is 0.0541 e. The van der Waals surface area contributed by atoms with Crippen LogP contribution < -0.4 is 5.73 Å². The molecule has 0 aromatic heterocycles. The third kappa shape index (κ3) is 3.67. The van der Waals surface area contributed by atoms with E-state index in [0.29, 0.717) is 17.9 Å². The lowest BCUT2D eigenvalue weighted by Crippen LogP contribution is -2.44. The standard InChI is InChI=1S/C14H28N2O/c1-11(17)12-6-8-16(9-7-12)10-13-4-2-3-5-14(13)15/h11-14,17H,2-10,15H2,1H3. The lowest BCUT2D eigenvalue weighted by atomic mass is 9.84. The second-order valence-corrected chi connectivity index (χ2v) is 6.09. The lowest BCUT2D eigenvalue weighted by Gasteiger charge is -2.38. The SMILES string of the molecule is CC(O)C1CCN(CC2CCCCC2N)CC1. The number of rotatable bonds is 3. The molecule has 3 atom stereocenters. The molecular weight excluding hydrogens is 212 g/mol. The van der Waals surface area contributed by atoms with Gasteiger partial charge in [0, 0.05) is 12.6 Å². The molecular formula is C14H28N2O. The summed E-state index contributed by atoms with van der Waals surface area (Å²) in [6.45, 7) is 5.42. The molecule has 3 N–H and O–H groups in total. The molecule has 3 heteroatoms. The number of nitrogens with zero attached hydrogens (tertiary/aromatic N) is 1. The molecule has 0 spiro atoms. The Hall–Kier alpha value is -0.120. The van der Waals surface area contributed by atoms with Gasteiger partial charge in [0.15, 0.2) is 0 Å². The molecule has 2 aliphatic rings. The van der Waals surface area contributed by atoms with Crippen molar-refractivity contribution in [3.05, 3.63) is 0 Å². The highest BCUT2D eigenvalue weighted by Gasteiger charge is 2.27. The quantitative estimate of drug-likeness (QED) is 0.788. The van der Waals surface area contributed by atoms with E-state index < -0.39 is 0 Å². The largest absolute Gasteiger partial charge is 0.393 e. The minimum Gasteiger partial charge on any atom is -0.393 e. The first kappa shape index (κ1) is 13.3. The first-order valence-corrected chi connectivity index (χ1v) is 7.33. The monoisotopic (exact) mass is 240 g/mol. The highest BCUT2D eigenvalue weighted by atomic mass is 16.3. The topological polar surface area (TPSA) is 49.5 Å². The molecule has 2 fully saturated rings. The van der Waals surface area contributed by atoms with Crippen molar-refractivity contribution >= 4 is 0 Å². The number of piperidine rings is 1. The van der Waals surface area contributed by atoms with Crippen molar-refractivity contribution in [2.24, 2.45) is 17.6 Å². The van der Waals surface area contributed by atoms with Gasteiger partial charge in [0.1, 0.15) is 0 Å². The van der Waals surface area contributed by atoms with Crippen LogP contribution >= 0.6 is 0 Å². The van der Waals surface area contributed by atoms with Gasteiger partial charge in [0.2, 0.25) is 0 Å². The Morgan fingerprint density at radius 2 is 1.82 bits per heavy atom. The van der Waals surface area contributed by atoms with Gasteiger partial charge in [0.05, 0.1) is 6.10 Å². The Balaban J connectivity index is 1.73. The van der Waals surface area contributed by atoms with Crippen LogP contribution in [-0.4, -0.2) is 41.8 Å². The second-order valence-electron chi connectivity index (χ2n) is 6.09. The third-order valence-electron chi connectivity index (χ3n) is 4.78. The van der Waals surface area contributed by atoms with E-state index in [1.165, 1.54) is 32.2 Å². The van der Waals surface area contributed by atoms with Crippen LogP contribution in [-0.2, 0) is 0 Å². The van der Waals surface area contributed by atoms with Gasteiger partial charge in [-0.05, 0) is 57.5 Å². The van der Waals surface area contributed by atoms with Crippen molar-refractivity contribution in [1.29, 1.82) is 0 Å². The van der Waals surface area contributed by atoms with Gasteiger partial charge in [-0.2, -0.15) is 0 Å². The second kappa shape index (κ2) is 6.17. The Morgan fingerprint density at radius 3 is 2.41 bits per heavy atom. The molecule has 17 heavy (non-hydrogen) atoms. The van der Waals surface area contributed by atoms with Crippen LogP contribution in [0, 0.1) is 11.8 Å². The normalized spacial score (nSPS) is 34.8. The Bertz CT molecular complexity index is 224. The highest BCUT2D eigenvalue weighted by molar-refractivity contribution is 4.83. The summed E-state index contributed by atoms with van der Waals surface area (Å²) in [5, 5.41) is 9.59. The predicted molar refractivity (Wildman–Crippen MR) is 70.8 cm³/mol. The Labute approximate surface area is 105 Å². The van der Waals surface area contributed by atoms with Crippen LogP contribution in [0.5, 0.6) is 0 Å². The van der Waals surface area contributed by atoms with Crippen molar-refractivity contribution in [2.75, 3.05) is 19.6 Å². The Morgan fingerprint density at radius 1 is 1.18 bits per heavy atom. The maximum absolute atomic E-state index is 9.59. The number of nitrogens with two attached hydrogens (primary N) is 1. The molecule has 0 amide bonds. The summed E-state index contributed by atoms with van der Waals surface area (Å²) in [6, 6.07) is 0.429. The summed E-state index contributed by atoms with van der Waals surface area (Å²) in [4.78, 5) is 2.56. The van der Waals surface area contributed by atoms with Crippen molar-refractivity contribution in [2.45, 2.75) is 57.6 Å². The van der Waals surface area contributed by atoms with Gasteiger partial charge in [-0.25, -0.2) is 0 Å². The minimum atomic E-state index is -0.130. The van der Waals surface area contributed by atoms with Gasteiger partial charge in [-0.3, -0.25) is 0 Å². The molecule has 0 aromatic carbocycles. The van der Waals surface area contributed by atoms with Crippen LogP contribution in [0.4, 0.5) is 0 Å². The van der Waals surface area contributed by atoms with Crippen LogP contribution in [0.25, 0.3) is 0 Å². The molecule has 1 aliphatic heterocycles. The molecule has 3 nitrogen and oxygen atoms in total. The highest BCUT2D eigenvalue weighted by Crippen LogP contribution is 2.26. The zero-order chi connectivity index (χ0) is 12.3.